The maximum atomic E-state index is 12.9. The van der Waals surface area contributed by atoms with Crippen LogP contribution in [-0.2, 0) is 14.8 Å². The molecule has 2 aliphatic heterocycles. The Labute approximate surface area is 191 Å². The Morgan fingerprint density at radius 1 is 1.10 bits per heavy atom. The molecule has 0 saturated carbocycles. The second-order valence-corrected chi connectivity index (χ2v) is 11.9. The van der Waals surface area contributed by atoms with Crippen molar-refractivity contribution in [2.45, 2.75) is 48.3 Å². The molecule has 8 nitrogen and oxygen atoms in total. The zero-order chi connectivity index (χ0) is 21.8. The molecule has 2 saturated heterocycles. The SMILES string of the molecule is Cc1ccc(S(=O)(=O)N2CCCCC2)cc1NC(=O)CSc1nnc(N2CCCC2)s1. The van der Waals surface area contributed by atoms with E-state index < -0.39 is 10.0 Å². The third-order valence-corrected chi connectivity index (χ3v) is 9.55. The number of nitrogens with one attached hydrogen (secondary N) is 1. The number of hydrogen-bond donors (Lipinski definition) is 1. The number of aryl methyl sites for hydroxylation is 1. The summed E-state index contributed by atoms with van der Waals surface area (Å²) in [6.07, 6.45) is 5.19. The summed E-state index contributed by atoms with van der Waals surface area (Å²) >= 11 is 2.85. The summed E-state index contributed by atoms with van der Waals surface area (Å²) in [5, 5.41) is 12.2. The first-order valence-electron chi connectivity index (χ1n) is 10.6. The van der Waals surface area contributed by atoms with Gasteiger partial charge >= 0.3 is 0 Å². The van der Waals surface area contributed by atoms with Crippen molar-refractivity contribution in [1.82, 2.24) is 14.5 Å². The van der Waals surface area contributed by atoms with E-state index in [0.29, 0.717) is 18.8 Å². The summed E-state index contributed by atoms with van der Waals surface area (Å²) < 4.78 is 28.2. The van der Waals surface area contributed by atoms with Crippen LogP contribution in [0.5, 0.6) is 0 Å². The van der Waals surface area contributed by atoms with Gasteiger partial charge in [-0.25, -0.2) is 8.42 Å². The molecule has 2 aliphatic rings. The van der Waals surface area contributed by atoms with Gasteiger partial charge in [-0.15, -0.1) is 10.2 Å². The van der Waals surface area contributed by atoms with Crippen LogP contribution in [0.4, 0.5) is 10.8 Å². The van der Waals surface area contributed by atoms with Gasteiger partial charge in [-0.2, -0.15) is 4.31 Å². The summed E-state index contributed by atoms with van der Waals surface area (Å²) in [5.74, 6) is -0.00415. The van der Waals surface area contributed by atoms with E-state index in [1.807, 2.05) is 6.92 Å². The quantitative estimate of drug-likeness (QED) is 0.606. The Bertz CT molecular complexity index is 1030. The molecule has 0 aliphatic carbocycles. The average molecular weight is 482 g/mol. The summed E-state index contributed by atoms with van der Waals surface area (Å²) in [4.78, 5) is 15.0. The summed E-state index contributed by atoms with van der Waals surface area (Å²) in [5.41, 5.74) is 1.35. The van der Waals surface area contributed by atoms with E-state index >= 15 is 0 Å². The van der Waals surface area contributed by atoms with Gasteiger partial charge in [0.1, 0.15) is 0 Å². The van der Waals surface area contributed by atoms with Crippen LogP contribution in [0.2, 0.25) is 0 Å². The fourth-order valence-electron chi connectivity index (χ4n) is 3.76. The molecule has 3 heterocycles. The van der Waals surface area contributed by atoms with Crippen molar-refractivity contribution < 1.29 is 13.2 Å². The van der Waals surface area contributed by atoms with Crippen LogP contribution >= 0.6 is 23.1 Å². The molecule has 31 heavy (non-hydrogen) atoms. The minimum absolute atomic E-state index is 0.192. The molecule has 0 radical (unpaired) electrons. The number of aromatic nitrogens is 2. The summed E-state index contributed by atoms with van der Waals surface area (Å²) in [6, 6.07) is 4.93. The number of benzene rings is 1. The lowest BCUT2D eigenvalue weighted by atomic mass is 10.2. The number of thioether (sulfide) groups is 1. The molecule has 4 rings (SSSR count). The lowest BCUT2D eigenvalue weighted by Crippen LogP contribution is -2.35. The predicted molar refractivity (Wildman–Crippen MR) is 124 cm³/mol. The highest BCUT2D eigenvalue weighted by Gasteiger charge is 2.26. The lowest BCUT2D eigenvalue weighted by molar-refractivity contribution is -0.113. The van der Waals surface area contributed by atoms with Crippen molar-refractivity contribution in [3.05, 3.63) is 23.8 Å². The zero-order valence-electron chi connectivity index (χ0n) is 17.5. The first-order chi connectivity index (χ1) is 14.9. The number of nitrogens with zero attached hydrogens (tertiary/aromatic N) is 4. The van der Waals surface area contributed by atoms with Crippen molar-refractivity contribution >= 4 is 49.8 Å². The van der Waals surface area contributed by atoms with E-state index in [9.17, 15) is 13.2 Å². The molecular weight excluding hydrogens is 454 g/mol. The van der Waals surface area contributed by atoms with Crippen LogP contribution in [0.3, 0.4) is 0 Å². The monoisotopic (exact) mass is 481 g/mol. The van der Waals surface area contributed by atoms with Crippen molar-refractivity contribution in [2.75, 3.05) is 42.1 Å². The van der Waals surface area contributed by atoms with Crippen molar-refractivity contribution in [2.24, 2.45) is 0 Å². The molecule has 1 aromatic carbocycles. The van der Waals surface area contributed by atoms with Gasteiger partial charge in [0.2, 0.25) is 21.1 Å². The fraction of sp³-hybridized carbons (Fsp3) is 0.550. The van der Waals surface area contributed by atoms with Crippen LogP contribution < -0.4 is 10.2 Å². The molecule has 1 aromatic heterocycles. The Balaban J connectivity index is 1.38. The molecule has 1 amide bonds. The maximum Gasteiger partial charge on any atom is 0.243 e. The summed E-state index contributed by atoms with van der Waals surface area (Å²) in [6.45, 7) is 4.98. The number of carbonyl (C=O) groups excluding carboxylic acids is 1. The molecule has 0 spiro atoms. The van der Waals surface area contributed by atoms with E-state index in [1.165, 1.54) is 40.2 Å². The number of anilines is 2. The van der Waals surface area contributed by atoms with Crippen molar-refractivity contribution in [1.29, 1.82) is 0 Å². The van der Waals surface area contributed by atoms with Gasteiger partial charge in [0.25, 0.3) is 0 Å². The van der Waals surface area contributed by atoms with Crippen LogP contribution in [0, 0.1) is 6.92 Å². The second kappa shape index (κ2) is 9.85. The molecule has 2 aromatic rings. The van der Waals surface area contributed by atoms with Crippen molar-refractivity contribution in [3.8, 4) is 0 Å². The molecule has 1 N–H and O–H groups in total. The van der Waals surface area contributed by atoms with E-state index in [0.717, 1.165) is 47.4 Å². The molecule has 168 valence electrons. The molecule has 0 bridgehead atoms. The second-order valence-electron chi connectivity index (χ2n) is 7.82. The Morgan fingerprint density at radius 3 is 2.55 bits per heavy atom. The Kier molecular flexibility index (Phi) is 7.15. The summed E-state index contributed by atoms with van der Waals surface area (Å²) in [7, 11) is -3.54. The normalized spacial score (nSPS) is 17.8. The molecule has 11 heteroatoms. The zero-order valence-corrected chi connectivity index (χ0v) is 20.0. The average Bonchev–Trinajstić information content (AvgIpc) is 3.46. The molecule has 0 unspecified atom stereocenters. The van der Waals surface area contributed by atoms with Gasteiger partial charge in [-0.05, 0) is 50.3 Å². The van der Waals surface area contributed by atoms with E-state index in [2.05, 4.69) is 20.4 Å². The first kappa shape index (κ1) is 22.5. The number of amides is 1. The number of piperidine rings is 1. The molecule has 2 fully saturated rings. The highest BCUT2D eigenvalue weighted by Crippen LogP contribution is 2.30. The third-order valence-electron chi connectivity index (χ3n) is 5.54. The number of sulfonamides is 1. The number of hydrogen-bond acceptors (Lipinski definition) is 8. The Morgan fingerprint density at radius 2 is 1.81 bits per heavy atom. The van der Waals surface area contributed by atoms with Crippen molar-refractivity contribution in [3.63, 3.8) is 0 Å². The number of carbonyl (C=O) groups is 1. The standard InChI is InChI=1S/C20H27N5O3S3/c1-15-7-8-16(31(27,28)25-11-3-2-4-12-25)13-17(15)21-18(26)14-29-20-23-22-19(30-20)24-9-5-6-10-24/h7-8,13H,2-6,9-12,14H2,1H3,(H,21,26). The minimum Gasteiger partial charge on any atom is -0.347 e. The number of rotatable bonds is 7. The van der Waals surface area contributed by atoms with Gasteiger partial charge in [-0.1, -0.05) is 35.6 Å². The molecule has 0 atom stereocenters. The van der Waals surface area contributed by atoms with Gasteiger partial charge in [0, 0.05) is 31.9 Å². The van der Waals surface area contributed by atoms with Gasteiger partial charge in [-0.3, -0.25) is 4.79 Å². The minimum atomic E-state index is -3.54. The van der Waals surface area contributed by atoms with E-state index in [-0.39, 0.29) is 16.6 Å². The van der Waals surface area contributed by atoms with Gasteiger partial charge in [0.05, 0.1) is 10.6 Å². The lowest BCUT2D eigenvalue weighted by Gasteiger charge is -2.26. The van der Waals surface area contributed by atoms with Crippen LogP contribution in [0.15, 0.2) is 27.4 Å². The first-order valence-corrected chi connectivity index (χ1v) is 13.8. The van der Waals surface area contributed by atoms with Crippen LogP contribution in [0.1, 0.15) is 37.7 Å². The van der Waals surface area contributed by atoms with E-state index in [1.54, 1.807) is 18.2 Å². The van der Waals surface area contributed by atoms with Crippen LogP contribution in [0.25, 0.3) is 0 Å². The molecular formula is C20H27N5O3S3. The highest BCUT2D eigenvalue weighted by atomic mass is 32.2. The topological polar surface area (TPSA) is 95.5 Å². The Hall–Kier alpha value is -1.69. The highest BCUT2D eigenvalue weighted by molar-refractivity contribution is 8.01. The predicted octanol–water partition coefficient (Wildman–Crippen LogP) is 3.35. The fourth-order valence-corrected chi connectivity index (χ4v) is 7.00. The smallest absolute Gasteiger partial charge is 0.243 e. The third kappa shape index (κ3) is 5.39. The van der Waals surface area contributed by atoms with Gasteiger partial charge < -0.3 is 10.2 Å². The van der Waals surface area contributed by atoms with Crippen LogP contribution in [-0.4, -0.2) is 60.8 Å². The largest absolute Gasteiger partial charge is 0.347 e. The maximum absolute atomic E-state index is 12.9. The van der Waals surface area contributed by atoms with Gasteiger partial charge in [0.15, 0.2) is 4.34 Å². The van der Waals surface area contributed by atoms with E-state index in [4.69, 9.17) is 0 Å².